The quantitative estimate of drug-likeness (QED) is 0.615. The zero-order valence-corrected chi connectivity index (χ0v) is 9.21. The van der Waals surface area contributed by atoms with Gasteiger partial charge in [0.15, 0.2) is 0 Å². The molecule has 0 aliphatic rings. The van der Waals surface area contributed by atoms with Gasteiger partial charge in [-0.1, -0.05) is 34.1 Å². The van der Waals surface area contributed by atoms with E-state index in [1.807, 2.05) is 0 Å². The van der Waals surface area contributed by atoms with E-state index in [1.165, 1.54) is 0 Å². The molecule has 0 N–H and O–H groups in total. The van der Waals surface area contributed by atoms with E-state index in [9.17, 15) is 8.42 Å². The molecule has 0 aromatic heterocycles. The molecule has 5 heteroatoms. The Balaban J connectivity index is 2.70. The van der Waals surface area contributed by atoms with E-state index in [4.69, 9.17) is 4.18 Å². The number of alkyl halides is 1. The Hall–Kier alpha value is -0.550. The first kappa shape index (κ1) is 10.5. The van der Waals surface area contributed by atoms with Crippen molar-refractivity contribution in [1.82, 2.24) is 0 Å². The summed E-state index contributed by atoms with van der Waals surface area (Å²) in [6.45, 7) is 0. The van der Waals surface area contributed by atoms with E-state index in [0.29, 0.717) is 11.1 Å². The molecule has 1 aromatic carbocycles. The van der Waals surface area contributed by atoms with Crippen molar-refractivity contribution in [2.45, 2.75) is 0 Å². The molecule has 3 nitrogen and oxygen atoms in total. The summed E-state index contributed by atoms with van der Waals surface area (Å²) in [7, 11) is -3.43. The van der Waals surface area contributed by atoms with E-state index in [0.717, 1.165) is 0 Å². The summed E-state index contributed by atoms with van der Waals surface area (Å²) in [6, 6.07) is 8.44. The number of halogens is 1. The van der Waals surface area contributed by atoms with Crippen LogP contribution in [0, 0.1) is 0 Å². The highest BCUT2D eigenvalue weighted by atomic mass is 79.9. The molecule has 0 spiro atoms. The second kappa shape index (κ2) is 4.62. The highest BCUT2D eigenvalue weighted by Crippen LogP contribution is 2.11. The largest absolute Gasteiger partial charge is 0.382 e. The van der Waals surface area contributed by atoms with Crippen molar-refractivity contribution in [1.29, 1.82) is 0 Å². The summed E-state index contributed by atoms with van der Waals surface area (Å²) >= 11 is 3.04. The molecule has 0 heterocycles. The molecule has 72 valence electrons. The van der Waals surface area contributed by atoms with Crippen LogP contribution < -0.4 is 4.18 Å². The third-order valence-electron chi connectivity index (χ3n) is 1.29. The molecule has 0 fully saturated rings. The first-order valence-electron chi connectivity index (χ1n) is 3.67. The zero-order valence-electron chi connectivity index (χ0n) is 6.81. The van der Waals surface area contributed by atoms with E-state index in [2.05, 4.69) is 15.9 Å². The number of hydrogen-bond acceptors (Lipinski definition) is 3. The van der Waals surface area contributed by atoms with Crippen LogP contribution in [0.4, 0.5) is 0 Å². The van der Waals surface area contributed by atoms with Crippen LogP contribution in [-0.2, 0) is 10.1 Å². The molecule has 0 amide bonds. The van der Waals surface area contributed by atoms with Crippen molar-refractivity contribution >= 4 is 26.0 Å². The van der Waals surface area contributed by atoms with Gasteiger partial charge >= 0.3 is 10.1 Å². The summed E-state index contributed by atoms with van der Waals surface area (Å²) in [5.41, 5.74) is 0. The van der Waals surface area contributed by atoms with Crippen LogP contribution in [0.2, 0.25) is 0 Å². The maximum absolute atomic E-state index is 11.1. The van der Waals surface area contributed by atoms with Gasteiger partial charge in [0.2, 0.25) is 0 Å². The molecular formula is C8H9BrO3S. The summed E-state index contributed by atoms with van der Waals surface area (Å²) in [5.74, 6) is 0.325. The van der Waals surface area contributed by atoms with Gasteiger partial charge in [-0.05, 0) is 12.1 Å². The lowest BCUT2D eigenvalue weighted by Gasteiger charge is -2.04. The third-order valence-corrected chi connectivity index (χ3v) is 3.37. The van der Waals surface area contributed by atoms with E-state index in [1.54, 1.807) is 30.3 Å². The Morgan fingerprint density at radius 3 is 2.38 bits per heavy atom. The van der Waals surface area contributed by atoms with Gasteiger partial charge in [0.1, 0.15) is 5.75 Å². The molecule has 0 saturated heterocycles. The van der Waals surface area contributed by atoms with Crippen LogP contribution in [0.25, 0.3) is 0 Å². The van der Waals surface area contributed by atoms with Crippen LogP contribution in [0.15, 0.2) is 30.3 Å². The standard InChI is InChI=1S/C8H9BrO3S/c9-6-7-13(10,11)12-8-4-2-1-3-5-8/h1-5H,6-7H2. The second-order valence-electron chi connectivity index (χ2n) is 2.35. The van der Waals surface area contributed by atoms with Crippen LogP contribution in [0.5, 0.6) is 5.75 Å². The fraction of sp³-hybridized carbons (Fsp3) is 0.250. The highest BCUT2D eigenvalue weighted by molar-refractivity contribution is 9.09. The Kier molecular flexibility index (Phi) is 3.74. The number of hydrogen-bond donors (Lipinski definition) is 0. The lowest BCUT2D eigenvalue weighted by atomic mass is 10.3. The maximum Gasteiger partial charge on any atom is 0.310 e. The molecule has 0 bridgehead atoms. The molecule has 13 heavy (non-hydrogen) atoms. The van der Waals surface area contributed by atoms with Gasteiger partial charge in [-0.2, -0.15) is 8.42 Å². The van der Waals surface area contributed by atoms with Gasteiger partial charge in [0.25, 0.3) is 0 Å². The van der Waals surface area contributed by atoms with Gasteiger partial charge in [0.05, 0.1) is 5.75 Å². The first-order valence-corrected chi connectivity index (χ1v) is 6.37. The van der Waals surface area contributed by atoms with Crippen molar-refractivity contribution in [3.05, 3.63) is 30.3 Å². The Morgan fingerprint density at radius 1 is 1.23 bits per heavy atom. The normalized spacial score (nSPS) is 11.2. The fourth-order valence-electron chi connectivity index (χ4n) is 0.759. The lowest BCUT2D eigenvalue weighted by molar-refractivity contribution is 0.488. The van der Waals surface area contributed by atoms with Crippen molar-refractivity contribution in [2.24, 2.45) is 0 Å². The predicted molar refractivity (Wildman–Crippen MR) is 54.7 cm³/mol. The average Bonchev–Trinajstić information content (AvgIpc) is 2.04. The maximum atomic E-state index is 11.1. The van der Waals surface area contributed by atoms with Crippen molar-refractivity contribution < 1.29 is 12.6 Å². The van der Waals surface area contributed by atoms with Crippen molar-refractivity contribution in [3.8, 4) is 5.75 Å². The average molecular weight is 265 g/mol. The van der Waals surface area contributed by atoms with Crippen LogP contribution >= 0.6 is 15.9 Å². The van der Waals surface area contributed by atoms with Crippen LogP contribution in [0.3, 0.4) is 0 Å². The number of para-hydroxylation sites is 1. The summed E-state index contributed by atoms with van der Waals surface area (Å²) < 4.78 is 27.1. The summed E-state index contributed by atoms with van der Waals surface area (Å²) in [6.07, 6.45) is 0. The molecular weight excluding hydrogens is 256 g/mol. The minimum Gasteiger partial charge on any atom is -0.382 e. The zero-order chi connectivity index (χ0) is 9.73. The second-order valence-corrected chi connectivity index (χ2v) is 4.83. The fourth-order valence-corrected chi connectivity index (χ4v) is 2.62. The molecule has 0 atom stereocenters. The van der Waals surface area contributed by atoms with Gasteiger partial charge in [-0.25, -0.2) is 0 Å². The van der Waals surface area contributed by atoms with Gasteiger partial charge < -0.3 is 4.18 Å². The molecule has 0 unspecified atom stereocenters. The minimum atomic E-state index is -3.43. The minimum absolute atomic E-state index is 0.0259. The molecule has 1 rings (SSSR count). The van der Waals surface area contributed by atoms with Gasteiger partial charge in [-0.15, -0.1) is 0 Å². The number of benzene rings is 1. The number of rotatable bonds is 4. The van der Waals surface area contributed by atoms with Crippen LogP contribution in [0.1, 0.15) is 0 Å². The highest BCUT2D eigenvalue weighted by Gasteiger charge is 2.10. The predicted octanol–water partition coefficient (Wildman–Crippen LogP) is 1.79. The van der Waals surface area contributed by atoms with E-state index in [-0.39, 0.29) is 5.75 Å². The smallest absolute Gasteiger partial charge is 0.310 e. The Morgan fingerprint density at radius 2 is 1.85 bits per heavy atom. The van der Waals surface area contributed by atoms with Gasteiger partial charge in [-0.3, -0.25) is 0 Å². The topological polar surface area (TPSA) is 43.4 Å². The first-order chi connectivity index (χ1) is 6.14. The molecule has 0 aliphatic carbocycles. The summed E-state index contributed by atoms with van der Waals surface area (Å²) in [5, 5.41) is 0.377. The van der Waals surface area contributed by atoms with E-state index >= 15 is 0 Å². The van der Waals surface area contributed by atoms with Crippen molar-refractivity contribution in [2.75, 3.05) is 11.1 Å². The van der Waals surface area contributed by atoms with Crippen molar-refractivity contribution in [3.63, 3.8) is 0 Å². The molecule has 1 aromatic rings. The summed E-state index contributed by atoms with van der Waals surface area (Å²) in [4.78, 5) is 0. The third kappa shape index (κ3) is 3.78. The van der Waals surface area contributed by atoms with Crippen LogP contribution in [-0.4, -0.2) is 19.5 Å². The molecule has 0 radical (unpaired) electrons. The monoisotopic (exact) mass is 264 g/mol. The van der Waals surface area contributed by atoms with Gasteiger partial charge in [0, 0.05) is 5.33 Å². The molecule has 0 aliphatic heterocycles. The molecule has 0 saturated carbocycles. The SMILES string of the molecule is O=S(=O)(CCBr)Oc1ccccc1. The lowest BCUT2D eigenvalue weighted by Crippen LogP contribution is -2.14. The van der Waals surface area contributed by atoms with E-state index < -0.39 is 10.1 Å². The Labute approximate surface area is 86.0 Å². The Bertz CT molecular complexity index is 347.